The number of nitrogens with zero attached hydrogens (tertiary/aromatic N) is 2. The summed E-state index contributed by atoms with van der Waals surface area (Å²) < 4.78 is 45.9. The molecule has 0 saturated carbocycles. The van der Waals surface area contributed by atoms with Gasteiger partial charge in [-0.2, -0.15) is 0 Å². The lowest BCUT2D eigenvalue weighted by Gasteiger charge is -2.06. The molecule has 0 unspecified atom stereocenters. The van der Waals surface area contributed by atoms with Crippen molar-refractivity contribution in [2.75, 3.05) is 0 Å². The van der Waals surface area contributed by atoms with Crippen LogP contribution in [0.5, 0.6) is 0 Å². The second-order valence-electron chi connectivity index (χ2n) is 6.60. The number of aromatic nitrogens is 2. The predicted octanol–water partition coefficient (Wildman–Crippen LogP) is 6.14. The van der Waals surface area contributed by atoms with Crippen molar-refractivity contribution in [3.63, 3.8) is 0 Å². The van der Waals surface area contributed by atoms with Gasteiger partial charge in [0.15, 0.2) is 0 Å². The maximum Gasteiger partial charge on any atom is 0.227 e. The summed E-state index contributed by atoms with van der Waals surface area (Å²) in [5, 5.41) is 1.55. The van der Waals surface area contributed by atoms with Crippen LogP contribution >= 0.6 is 0 Å². The Bertz CT molecular complexity index is 1460. The number of furan rings is 1. The Hall–Kier alpha value is -3.46. The van der Waals surface area contributed by atoms with Crippen molar-refractivity contribution >= 4 is 22.1 Å². The Morgan fingerprint density at radius 1 is 0.929 bits per heavy atom. The molecule has 2 aromatic carbocycles. The van der Waals surface area contributed by atoms with Crippen molar-refractivity contribution in [2.24, 2.45) is 0 Å². The summed E-state index contributed by atoms with van der Waals surface area (Å²) in [7, 11) is 0. The van der Waals surface area contributed by atoms with Crippen LogP contribution in [-0.4, -0.2) is 9.97 Å². The quantitative estimate of drug-likeness (QED) is 0.382. The number of pyridine rings is 2. The highest BCUT2D eigenvalue weighted by Gasteiger charge is 2.14. The van der Waals surface area contributed by atoms with Gasteiger partial charge in [-0.05, 0) is 61.1 Å². The molecule has 0 aliphatic heterocycles. The molecular formula is C25H20N2O. The minimum absolute atomic E-state index is 0.0149. The first-order valence-electron chi connectivity index (χ1n) is 11.6. The average Bonchev–Trinajstić information content (AvgIpc) is 3.17. The monoisotopic (exact) mass is 369 g/mol. The summed E-state index contributed by atoms with van der Waals surface area (Å²) in [5.74, 6) is 0. The highest BCUT2D eigenvalue weighted by molar-refractivity contribution is 6.08. The van der Waals surface area contributed by atoms with E-state index in [2.05, 4.69) is 9.97 Å². The first kappa shape index (κ1) is 12.1. The van der Waals surface area contributed by atoms with E-state index in [1.165, 1.54) is 6.07 Å². The Labute approximate surface area is 170 Å². The van der Waals surface area contributed by atoms with E-state index in [1.54, 1.807) is 24.4 Å². The molecule has 3 aromatic heterocycles. The molecule has 0 saturated heterocycles. The van der Waals surface area contributed by atoms with Gasteiger partial charge in [-0.15, -0.1) is 0 Å². The molecule has 0 fully saturated rings. The summed E-state index contributed by atoms with van der Waals surface area (Å²) in [4.78, 5) is 8.72. The lowest BCUT2D eigenvalue weighted by Crippen LogP contribution is -1.93. The van der Waals surface area contributed by atoms with E-state index >= 15 is 0 Å². The van der Waals surface area contributed by atoms with Gasteiger partial charge < -0.3 is 4.42 Å². The van der Waals surface area contributed by atoms with E-state index in [1.807, 2.05) is 48.5 Å². The maximum absolute atomic E-state index is 8.53. The largest absolute Gasteiger partial charge is 0.437 e. The minimum Gasteiger partial charge on any atom is -0.437 e. The normalized spacial score (nSPS) is 14.9. The second kappa shape index (κ2) is 6.93. The highest BCUT2D eigenvalue weighted by atomic mass is 16.3. The number of benzene rings is 2. The number of rotatable bonds is 4. The molecule has 0 aliphatic rings. The Balaban J connectivity index is 1.57. The molecule has 3 heteroatoms. The fourth-order valence-corrected chi connectivity index (χ4v) is 3.37. The van der Waals surface area contributed by atoms with Gasteiger partial charge in [-0.25, -0.2) is 4.98 Å². The molecule has 0 amide bonds. The molecule has 0 atom stereocenters. The summed E-state index contributed by atoms with van der Waals surface area (Å²) in [5.41, 5.74) is 3.64. The van der Waals surface area contributed by atoms with Crippen LogP contribution in [0.2, 0.25) is 0 Å². The van der Waals surface area contributed by atoms with Crippen LogP contribution < -0.4 is 0 Å². The molecular weight excluding hydrogens is 344 g/mol. The lowest BCUT2D eigenvalue weighted by atomic mass is 10.0. The Morgan fingerprint density at radius 2 is 1.86 bits per heavy atom. The molecule has 3 nitrogen and oxygen atoms in total. The fraction of sp³-hybridized carbons (Fsp3) is 0.120. The van der Waals surface area contributed by atoms with Gasteiger partial charge in [-0.1, -0.05) is 42.5 Å². The van der Waals surface area contributed by atoms with Crippen LogP contribution in [-0.2, 0) is 12.8 Å². The van der Waals surface area contributed by atoms with E-state index in [0.717, 1.165) is 21.9 Å². The molecule has 0 spiro atoms. The van der Waals surface area contributed by atoms with Gasteiger partial charge in [0.1, 0.15) is 5.58 Å². The van der Waals surface area contributed by atoms with Crippen molar-refractivity contribution in [2.45, 2.75) is 19.6 Å². The zero-order valence-corrected chi connectivity index (χ0v) is 15.0. The molecule has 0 N–H and O–H groups in total. The number of hydrogen-bond donors (Lipinski definition) is 0. The third-order valence-electron chi connectivity index (χ3n) is 4.73. The van der Waals surface area contributed by atoms with Crippen molar-refractivity contribution in [1.82, 2.24) is 9.97 Å². The SMILES string of the molecule is [2H]C([2H])([2H])c1ccc2c(n1)oc1c(-c3cc(CC([2H])([2H])c4ccccc4)ccn3)cccc12. The summed E-state index contributed by atoms with van der Waals surface area (Å²) in [6, 6.07) is 21.7. The summed E-state index contributed by atoms with van der Waals surface area (Å²) >= 11 is 0. The zero-order chi connectivity index (χ0) is 23.2. The van der Waals surface area contributed by atoms with E-state index in [-0.39, 0.29) is 17.8 Å². The van der Waals surface area contributed by atoms with Gasteiger partial charge in [-0.3, -0.25) is 4.98 Å². The third kappa shape index (κ3) is 3.05. The zero-order valence-electron chi connectivity index (χ0n) is 20.0. The molecule has 5 aromatic rings. The molecule has 0 bridgehead atoms. The van der Waals surface area contributed by atoms with E-state index in [4.69, 9.17) is 11.3 Å². The highest BCUT2D eigenvalue weighted by Crippen LogP contribution is 2.34. The van der Waals surface area contributed by atoms with Crippen LogP contribution in [0, 0.1) is 6.85 Å². The minimum atomic E-state index is -2.32. The van der Waals surface area contributed by atoms with Crippen LogP contribution in [0.4, 0.5) is 0 Å². The summed E-state index contributed by atoms with van der Waals surface area (Å²) in [6.07, 6.45) is 0.338. The topological polar surface area (TPSA) is 38.9 Å². The molecule has 0 aliphatic carbocycles. The third-order valence-corrected chi connectivity index (χ3v) is 4.73. The van der Waals surface area contributed by atoms with Crippen molar-refractivity contribution in [3.05, 3.63) is 95.8 Å². The van der Waals surface area contributed by atoms with Gasteiger partial charge in [0, 0.05) is 35.1 Å². The molecule has 3 heterocycles. The van der Waals surface area contributed by atoms with Gasteiger partial charge in [0.2, 0.25) is 5.71 Å². The number of hydrogen-bond acceptors (Lipinski definition) is 3. The maximum atomic E-state index is 8.53. The number of aryl methyl sites for hydroxylation is 3. The van der Waals surface area contributed by atoms with E-state index in [9.17, 15) is 0 Å². The van der Waals surface area contributed by atoms with Crippen LogP contribution in [0.15, 0.2) is 83.4 Å². The van der Waals surface area contributed by atoms with Crippen molar-refractivity contribution < 1.29 is 11.3 Å². The molecule has 0 radical (unpaired) electrons. The van der Waals surface area contributed by atoms with E-state index < -0.39 is 13.2 Å². The standard InChI is InChI=1S/C25H20N2O/c1-17-10-13-21-20-8-5-9-22(24(20)28-25(21)27-17)23-16-19(14-15-26-23)12-11-18-6-3-2-4-7-18/h2-10,13-16H,11-12H2,1H3/i1D3,11D2. The van der Waals surface area contributed by atoms with Gasteiger partial charge in [0.25, 0.3) is 0 Å². The first-order chi connectivity index (χ1) is 15.7. The molecule has 5 rings (SSSR count). The second-order valence-corrected chi connectivity index (χ2v) is 6.60. The first-order valence-corrected chi connectivity index (χ1v) is 9.06. The molecule has 136 valence electrons. The smallest absolute Gasteiger partial charge is 0.227 e. The van der Waals surface area contributed by atoms with E-state index in [0.29, 0.717) is 16.8 Å². The van der Waals surface area contributed by atoms with Crippen LogP contribution in [0.1, 0.15) is 23.7 Å². The van der Waals surface area contributed by atoms with Gasteiger partial charge in [0.05, 0.1) is 5.69 Å². The van der Waals surface area contributed by atoms with Crippen LogP contribution in [0.25, 0.3) is 33.3 Å². The number of para-hydroxylation sites is 1. The van der Waals surface area contributed by atoms with Gasteiger partial charge >= 0.3 is 0 Å². The molecule has 28 heavy (non-hydrogen) atoms. The number of fused-ring (bicyclic) bond motifs is 3. The van der Waals surface area contributed by atoms with Crippen LogP contribution in [0.3, 0.4) is 0 Å². The Kier molecular flexibility index (Phi) is 2.99. The lowest BCUT2D eigenvalue weighted by molar-refractivity contribution is 0.653. The van der Waals surface area contributed by atoms with Crippen molar-refractivity contribution in [3.8, 4) is 11.3 Å². The fourth-order valence-electron chi connectivity index (χ4n) is 3.37. The Morgan fingerprint density at radius 3 is 2.75 bits per heavy atom. The van der Waals surface area contributed by atoms with Crippen molar-refractivity contribution in [1.29, 1.82) is 0 Å². The summed E-state index contributed by atoms with van der Waals surface area (Å²) in [6.45, 7) is -2.32. The predicted molar refractivity (Wildman–Crippen MR) is 113 cm³/mol. The average molecular weight is 369 g/mol.